The third-order valence-electron chi connectivity index (χ3n) is 5.03. The van der Waals surface area contributed by atoms with Gasteiger partial charge in [0, 0.05) is 29.9 Å². The summed E-state index contributed by atoms with van der Waals surface area (Å²) in [6, 6.07) is 20.8. The molecule has 0 aliphatic heterocycles. The minimum absolute atomic E-state index is 0.585. The zero-order valence-electron chi connectivity index (χ0n) is 18.5. The predicted octanol–water partition coefficient (Wildman–Crippen LogP) is 6.58. The van der Waals surface area contributed by atoms with E-state index in [4.69, 9.17) is 30.5 Å². The van der Waals surface area contributed by atoms with Crippen molar-refractivity contribution < 1.29 is 18.9 Å². The molecule has 0 aliphatic rings. The summed E-state index contributed by atoms with van der Waals surface area (Å²) in [4.78, 5) is 4.41. The van der Waals surface area contributed by atoms with Gasteiger partial charge in [-0.3, -0.25) is 4.98 Å². The fourth-order valence-electron chi connectivity index (χ4n) is 3.35. The minimum Gasteiger partial charge on any atom is -0.493 e. The topological polar surface area (TPSA) is 61.8 Å². The van der Waals surface area contributed by atoms with Crippen LogP contribution in [0.15, 0.2) is 72.9 Å². The van der Waals surface area contributed by atoms with E-state index in [0.717, 1.165) is 35.3 Å². The van der Waals surface area contributed by atoms with Crippen LogP contribution in [-0.2, 0) is 0 Å². The lowest BCUT2D eigenvalue weighted by Crippen LogP contribution is -2.07. The number of pyridine rings is 1. The van der Waals surface area contributed by atoms with Crippen LogP contribution >= 0.6 is 11.6 Å². The van der Waals surface area contributed by atoms with Gasteiger partial charge in [0.2, 0.25) is 0 Å². The number of ether oxygens (including phenoxy) is 4. The zero-order chi connectivity index (χ0) is 23.0. The second-order valence-electron chi connectivity index (χ2n) is 7.22. The number of hydrogen-bond donors (Lipinski definition) is 1. The minimum atomic E-state index is 0.585. The Morgan fingerprint density at radius 3 is 2.36 bits per heavy atom. The van der Waals surface area contributed by atoms with Crippen molar-refractivity contribution >= 4 is 28.2 Å². The van der Waals surface area contributed by atoms with Gasteiger partial charge in [0.05, 0.1) is 31.4 Å². The van der Waals surface area contributed by atoms with Gasteiger partial charge in [-0.05, 0) is 55.0 Å². The smallest absolute Gasteiger partial charge is 0.162 e. The summed E-state index contributed by atoms with van der Waals surface area (Å²) in [7, 11) is 3.21. The average Bonchev–Trinajstić information content (AvgIpc) is 2.85. The fraction of sp³-hybridized carbons (Fsp3) is 0.192. The number of fused-ring (bicyclic) bond motifs is 1. The Morgan fingerprint density at radius 1 is 0.848 bits per heavy atom. The van der Waals surface area contributed by atoms with E-state index < -0.39 is 0 Å². The standard InChI is InChI=1S/C26H25ClN2O4/c1-30-25-16-20-22(17-26(25)31-2)29-14-12-23(20)33-19-10-8-18(9-11-19)28-13-5-15-32-24-7-4-3-6-21(24)27/h3-4,6-12,14,16-17,28H,5,13,15H2,1-2H3. The monoisotopic (exact) mass is 464 g/mol. The molecule has 0 aliphatic carbocycles. The number of hydrogen-bond acceptors (Lipinski definition) is 6. The Morgan fingerprint density at radius 2 is 1.61 bits per heavy atom. The molecule has 33 heavy (non-hydrogen) atoms. The van der Waals surface area contributed by atoms with Crippen molar-refractivity contribution in [2.45, 2.75) is 6.42 Å². The lowest BCUT2D eigenvalue weighted by molar-refractivity contribution is 0.315. The molecular formula is C26H25ClN2O4. The Balaban J connectivity index is 1.34. The molecule has 1 heterocycles. The SMILES string of the molecule is COc1cc2nccc(Oc3ccc(NCCCOc4ccccc4Cl)cc3)c2cc1OC. The molecule has 0 saturated heterocycles. The van der Waals surface area contributed by atoms with Crippen molar-refractivity contribution in [3.63, 3.8) is 0 Å². The van der Waals surface area contributed by atoms with Gasteiger partial charge in [-0.2, -0.15) is 0 Å². The summed E-state index contributed by atoms with van der Waals surface area (Å²) in [5.74, 6) is 3.38. The van der Waals surface area contributed by atoms with Crippen LogP contribution in [0.3, 0.4) is 0 Å². The first-order valence-electron chi connectivity index (χ1n) is 10.6. The zero-order valence-corrected chi connectivity index (χ0v) is 19.3. The fourth-order valence-corrected chi connectivity index (χ4v) is 3.54. The van der Waals surface area contributed by atoms with Crippen LogP contribution in [0.5, 0.6) is 28.7 Å². The molecule has 0 amide bonds. The molecule has 4 rings (SSSR count). The van der Waals surface area contributed by atoms with Crippen molar-refractivity contribution in [1.29, 1.82) is 0 Å². The quantitative estimate of drug-likeness (QED) is 0.267. The Hall–Kier alpha value is -3.64. The maximum absolute atomic E-state index is 6.13. The third-order valence-corrected chi connectivity index (χ3v) is 5.35. The summed E-state index contributed by atoms with van der Waals surface area (Å²) >= 11 is 6.10. The molecule has 0 saturated carbocycles. The van der Waals surface area contributed by atoms with Crippen molar-refractivity contribution in [2.24, 2.45) is 0 Å². The van der Waals surface area contributed by atoms with E-state index in [9.17, 15) is 0 Å². The second-order valence-corrected chi connectivity index (χ2v) is 7.63. The van der Waals surface area contributed by atoms with Crippen LogP contribution in [0.4, 0.5) is 5.69 Å². The molecule has 0 fully saturated rings. The van der Waals surface area contributed by atoms with Crippen molar-refractivity contribution in [3.05, 3.63) is 77.9 Å². The van der Waals surface area contributed by atoms with Crippen LogP contribution in [-0.4, -0.2) is 32.4 Å². The maximum atomic E-state index is 6.13. The molecule has 0 bridgehead atoms. The number of anilines is 1. The summed E-state index contributed by atoms with van der Waals surface area (Å²) < 4.78 is 22.6. The van der Waals surface area contributed by atoms with E-state index in [0.29, 0.717) is 34.6 Å². The Kier molecular flexibility index (Phi) is 7.37. The molecule has 6 nitrogen and oxygen atoms in total. The van der Waals surface area contributed by atoms with Gasteiger partial charge in [0.15, 0.2) is 11.5 Å². The number of nitrogens with one attached hydrogen (secondary N) is 1. The molecular weight excluding hydrogens is 440 g/mol. The number of halogens is 1. The van der Waals surface area contributed by atoms with Crippen molar-refractivity contribution in [3.8, 4) is 28.7 Å². The lowest BCUT2D eigenvalue weighted by atomic mass is 10.2. The molecule has 170 valence electrons. The first-order chi connectivity index (χ1) is 16.2. The van der Waals surface area contributed by atoms with E-state index in [1.165, 1.54) is 0 Å². The molecule has 0 unspecified atom stereocenters. The molecule has 0 radical (unpaired) electrons. The molecule has 1 aromatic heterocycles. The van der Waals surface area contributed by atoms with Gasteiger partial charge in [0.25, 0.3) is 0 Å². The number of para-hydroxylation sites is 1. The van der Waals surface area contributed by atoms with Gasteiger partial charge in [-0.25, -0.2) is 0 Å². The molecule has 0 atom stereocenters. The largest absolute Gasteiger partial charge is 0.493 e. The van der Waals surface area contributed by atoms with Crippen LogP contribution in [0.2, 0.25) is 5.02 Å². The highest BCUT2D eigenvalue weighted by molar-refractivity contribution is 6.32. The van der Waals surface area contributed by atoms with E-state index in [-0.39, 0.29) is 0 Å². The van der Waals surface area contributed by atoms with Crippen LogP contribution in [0.25, 0.3) is 10.9 Å². The maximum Gasteiger partial charge on any atom is 0.162 e. The molecule has 7 heteroatoms. The predicted molar refractivity (Wildman–Crippen MR) is 131 cm³/mol. The van der Waals surface area contributed by atoms with Crippen LogP contribution in [0, 0.1) is 0 Å². The van der Waals surface area contributed by atoms with Gasteiger partial charge in [-0.15, -0.1) is 0 Å². The highest BCUT2D eigenvalue weighted by Crippen LogP contribution is 2.37. The molecule has 1 N–H and O–H groups in total. The van der Waals surface area contributed by atoms with E-state index in [1.807, 2.05) is 66.7 Å². The lowest BCUT2D eigenvalue weighted by Gasteiger charge is -2.13. The van der Waals surface area contributed by atoms with Gasteiger partial charge in [0.1, 0.15) is 17.2 Å². The average molecular weight is 465 g/mol. The number of aromatic nitrogens is 1. The van der Waals surface area contributed by atoms with Crippen LogP contribution in [0.1, 0.15) is 6.42 Å². The number of rotatable bonds is 10. The van der Waals surface area contributed by atoms with Crippen LogP contribution < -0.4 is 24.3 Å². The van der Waals surface area contributed by atoms with E-state index in [1.54, 1.807) is 20.4 Å². The van der Waals surface area contributed by atoms with Crippen molar-refractivity contribution in [1.82, 2.24) is 4.98 Å². The number of nitrogens with zero attached hydrogens (tertiary/aromatic N) is 1. The number of methoxy groups -OCH3 is 2. The number of benzene rings is 3. The van der Waals surface area contributed by atoms with Gasteiger partial charge < -0.3 is 24.3 Å². The first-order valence-corrected chi connectivity index (χ1v) is 11.0. The first kappa shape index (κ1) is 22.6. The summed E-state index contributed by atoms with van der Waals surface area (Å²) in [5.41, 5.74) is 1.77. The third kappa shape index (κ3) is 5.59. The van der Waals surface area contributed by atoms with E-state index in [2.05, 4.69) is 10.3 Å². The Labute approximate surface area is 198 Å². The van der Waals surface area contributed by atoms with Gasteiger partial charge in [-0.1, -0.05) is 23.7 Å². The van der Waals surface area contributed by atoms with Gasteiger partial charge >= 0.3 is 0 Å². The molecule has 4 aromatic rings. The van der Waals surface area contributed by atoms with E-state index >= 15 is 0 Å². The molecule has 0 spiro atoms. The summed E-state index contributed by atoms with van der Waals surface area (Å²) in [6.45, 7) is 1.36. The second kappa shape index (κ2) is 10.8. The normalized spacial score (nSPS) is 10.6. The van der Waals surface area contributed by atoms with Crippen molar-refractivity contribution in [2.75, 3.05) is 32.7 Å². The summed E-state index contributed by atoms with van der Waals surface area (Å²) in [5, 5.41) is 4.85. The molecule has 3 aromatic carbocycles. The Bertz CT molecular complexity index is 1210. The summed E-state index contributed by atoms with van der Waals surface area (Å²) in [6.07, 6.45) is 2.56. The highest BCUT2D eigenvalue weighted by Gasteiger charge is 2.11. The highest BCUT2D eigenvalue weighted by atomic mass is 35.5.